The topological polar surface area (TPSA) is 82.8 Å². The van der Waals surface area contributed by atoms with E-state index in [4.69, 9.17) is 0 Å². The number of nitrogens with zero attached hydrogens (tertiary/aromatic N) is 5. The van der Waals surface area contributed by atoms with Crippen molar-refractivity contribution in [3.63, 3.8) is 0 Å². The molecule has 1 aliphatic rings. The molecule has 1 atom stereocenters. The highest BCUT2D eigenvalue weighted by Crippen LogP contribution is 2.44. The van der Waals surface area contributed by atoms with Crippen molar-refractivity contribution in [2.24, 2.45) is 5.41 Å². The molecule has 3 aromatic rings. The molecular formula is C24H21F2N5O. The highest BCUT2D eigenvalue weighted by Gasteiger charge is 2.42. The smallest absolute Gasteiger partial charge is 0.256 e. The molecule has 1 aromatic carbocycles. The first-order chi connectivity index (χ1) is 15.4. The van der Waals surface area contributed by atoms with E-state index in [9.17, 15) is 18.8 Å². The van der Waals surface area contributed by atoms with Crippen LogP contribution in [0.3, 0.4) is 0 Å². The van der Waals surface area contributed by atoms with Gasteiger partial charge in [0.1, 0.15) is 23.7 Å². The number of hydrogen-bond acceptors (Lipinski definition) is 5. The molecule has 1 fully saturated rings. The Morgan fingerprint density at radius 1 is 1.16 bits per heavy atom. The predicted molar refractivity (Wildman–Crippen MR) is 113 cm³/mol. The largest absolute Gasteiger partial charge is 0.338 e. The first-order valence-electron chi connectivity index (χ1n) is 10.3. The molecule has 1 amide bonds. The van der Waals surface area contributed by atoms with Gasteiger partial charge in [-0.15, -0.1) is 0 Å². The minimum atomic E-state index is -0.847. The van der Waals surface area contributed by atoms with E-state index in [0.717, 1.165) is 6.07 Å². The molecule has 1 aliphatic heterocycles. The second-order valence-corrected chi connectivity index (χ2v) is 7.94. The van der Waals surface area contributed by atoms with Gasteiger partial charge in [-0.25, -0.2) is 18.7 Å². The molecule has 0 N–H and O–H groups in total. The summed E-state index contributed by atoms with van der Waals surface area (Å²) in [5.41, 5.74) is 0.908. The molecule has 0 spiro atoms. The molecule has 1 saturated heterocycles. The summed E-state index contributed by atoms with van der Waals surface area (Å²) in [5, 5.41) is 9.98. The monoisotopic (exact) mass is 433 g/mol. The van der Waals surface area contributed by atoms with Crippen LogP contribution in [0.2, 0.25) is 0 Å². The predicted octanol–water partition coefficient (Wildman–Crippen LogP) is 4.37. The summed E-state index contributed by atoms with van der Waals surface area (Å²) >= 11 is 0. The fourth-order valence-corrected chi connectivity index (χ4v) is 4.28. The zero-order chi connectivity index (χ0) is 22.7. The Morgan fingerprint density at radius 3 is 2.59 bits per heavy atom. The third-order valence-electron chi connectivity index (χ3n) is 6.29. The Kier molecular flexibility index (Phi) is 5.91. The average Bonchev–Trinajstić information content (AvgIpc) is 2.84. The van der Waals surface area contributed by atoms with Crippen molar-refractivity contribution in [1.82, 2.24) is 19.9 Å². The normalized spacial score (nSPS) is 16.2. The Balaban J connectivity index is 1.55. The van der Waals surface area contributed by atoms with Crippen molar-refractivity contribution in [2.75, 3.05) is 13.1 Å². The Bertz CT molecular complexity index is 1170. The maximum atomic E-state index is 14.4. The molecule has 0 bridgehead atoms. The standard InChI is InChI=1S/C24H21F2N5O/c1-16(18-5-4-17(25)13-20(18)26)24(14-27)7-11-31(12-8-24)23(32)19-3-2-9-29-22(19)21-6-10-28-15-30-21/h2-6,9-10,13,15-16H,7-8,11-12H2,1H3/t16-/m0/s1. The Hall–Kier alpha value is -3.73. The van der Waals surface area contributed by atoms with E-state index in [1.54, 1.807) is 42.4 Å². The lowest BCUT2D eigenvalue weighted by molar-refractivity contribution is 0.0622. The first kappa shape index (κ1) is 21.5. The second-order valence-electron chi connectivity index (χ2n) is 7.94. The molecule has 4 rings (SSSR count). The average molecular weight is 433 g/mol. The van der Waals surface area contributed by atoms with Crippen molar-refractivity contribution in [3.8, 4) is 17.5 Å². The highest BCUT2D eigenvalue weighted by molar-refractivity contribution is 5.99. The number of rotatable bonds is 4. The van der Waals surface area contributed by atoms with E-state index in [1.165, 1.54) is 18.5 Å². The number of piperidine rings is 1. The first-order valence-corrected chi connectivity index (χ1v) is 10.3. The number of likely N-dealkylation sites (tertiary alicyclic amines) is 1. The van der Waals surface area contributed by atoms with Crippen LogP contribution in [0.1, 0.15) is 41.6 Å². The zero-order valence-electron chi connectivity index (χ0n) is 17.5. The van der Waals surface area contributed by atoms with Crippen LogP contribution in [0, 0.1) is 28.4 Å². The third-order valence-corrected chi connectivity index (χ3v) is 6.29. The zero-order valence-corrected chi connectivity index (χ0v) is 17.5. The van der Waals surface area contributed by atoms with Gasteiger partial charge in [-0.2, -0.15) is 5.26 Å². The van der Waals surface area contributed by atoms with Gasteiger partial charge in [-0.1, -0.05) is 13.0 Å². The van der Waals surface area contributed by atoms with E-state index in [0.29, 0.717) is 48.4 Å². The van der Waals surface area contributed by atoms with Crippen molar-refractivity contribution < 1.29 is 13.6 Å². The fraction of sp³-hybridized carbons (Fsp3) is 0.292. The number of nitriles is 1. The minimum absolute atomic E-state index is 0.195. The van der Waals surface area contributed by atoms with Gasteiger partial charge in [0.05, 0.1) is 22.7 Å². The molecule has 6 nitrogen and oxygen atoms in total. The van der Waals surface area contributed by atoms with Gasteiger partial charge in [0.15, 0.2) is 0 Å². The number of benzene rings is 1. The van der Waals surface area contributed by atoms with Crippen molar-refractivity contribution in [3.05, 3.63) is 77.9 Å². The van der Waals surface area contributed by atoms with Gasteiger partial charge >= 0.3 is 0 Å². The van der Waals surface area contributed by atoms with Crippen LogP contribution in [-0.4, -0.2) is 38.8 Å². The Morgan fingerprint density at radius 2 is 1.94 bits per heavy atom. The maximum Gasteiger partial charge on any atom is 0.256 e. The van der Waals surface area contributed by atoms with Gasteiger partial charge < -0.3 is 4.90 Å². The van der Waals surface area contributed by atoms with E-state index < -0.39 is 23.0 Å². The molecule has 3 heterocycles. The van der Waals surface area contributed by atoms with Crippen LogP contribution in [-0.2, 0) is 0 Å². The van der Waals surface area contributed by atoms with Crippen LogP contribution < -0.4 is 0 Å². The highest BCUT2D eigenvalue weighted by atomic mass is 19.1. The van der Waals surface area contributed by atoms with Crippen LogP contribution in [0.25, 0.3) is 11.4 Å². The van der Waals surface area contributed by atoms with E-state index in [-0.39, 0.29) is 5.91 Å². The van der Waals surface area contributed by atoms with Crippen LogP contribution >= 0.6 is 0 Å². The molecule has 0 aliphatic carbocycles. The number of amides is 1. The lowest BCUT2D eigenvalue weighted by Crippen LogP contribution is -2.44. The van der Waals surface area contributed by atoms with Gasteiger partial charge in [0.2, 0.25) is 0 Å². The number of carbonyl (C=O) groups excluding carboxylic acids is 1. The maximum absolute atomic E-state index is 14.4. The summed E-state index contributed by atoms with van der Waals surface area (Å²) in [5.74, 6) is -1.95. The quantitative estimate of drug-likeness (QED) is 0.610. The number of hydrogen-bond donors (Lipinski definition) is 0. The van der Waals surface area contributed by atoms with Gasteiger partial charge in [0.25, 0.3) is 5.91 Å². The summed E-state index contributed by atoms with van der Waals surface area (Å²) < 4.78 is 27.7. The lowest BCUT2D eigenvalue weighted by atomic mass is 9.68. The van der Waals surface area contributed by atoms with Gasteiger partial charge in [-0.3, -0.25) is 9.78 Å². The molecule has 0 unspecified atom stereocenters. The van der Waals surface area contributed by atoms with Crippen molar-refractivity contribution in [1.29, 1.82) is 5.26 Å². The molecule has 0 radical (unpaired) electrons. The summed E-state index contributed by atoms with van der Waals surface area (Å²) in [4.78, 5) is 27.4. The number of halogens is 2. The Labute approximate surface area is 184 Å². The number of pyridine rings is 1. The molecule has 0 saturated carbocycles. The minimum Gasteiger partial charge on any atom is -0.338 e. The molecular weight excluding hydrogens is 412 g/mol. The summed E-state index contributed by atoms with van der Waals surface area (Å²) in [6.07, 6.45) is 5.36. The van der Waals surface area contributed by atoms with E-state index in [2.05, 4.69) is 21.0 Å². The number of carbonyl (C=O) groups is 1. The van der Waals surface area contributed by atoms with E-state index >= 15 is 0 Å². The SMILES string of the molecule is C[C@@H](c1ccc(F)cc1F)C1(C#N)CCN(C(=O)c2cccnc2-c2ccncn2)CC1. The summed E-state index contributed by atoms with van der Waals surface area (Å²) in [7, 11) is 0. The number of aromatic nitrogens is 3. The van der Waals surface area contributed by atoms with E-state index in [1.807, 2.05) is 0 Å². The van der Waals surface area contributed by atoms with Crippen LogP contribution in [0.5, 0.6) is 0 Å². The van der Waals surface area contributed by atoms with Gasteiger partial charge in [0, 0.05) is 37.5 Å². The molecule has 162 valence electrons. The third kappa shape index (κ3) is 3.94. The van der Waals surface area contributed by atoms with Crippen LogP contribution in [0.4, 0.5) is 8.78 Å². The summed E-state index contributed by atoms with van der Waals surface area (Å²) in [6, 6.07) is 10.9. The van der Waals surface area contributed by atoms with Crippen molar-refractivity contribution >= 4 is 5.91 Å². The lowest BCUT2D eigenvalue weighted by Gasteiger charge is -2.41. The second kappa shape index (κ2) is 8.79. The van der Waals surface area contributed by atoms with Crippen LogP contribution in [0.15, 0.2) is 55.1 Å². The molecule has 8 heteroatoms. The summed E-state index contributed by atoms with van der Waals surface area (Å²) in [6.45, 7) is 2.47. The van der Waals surface area contributed by atoms with Gasteiger partial charge in [-0.05, 0) is 42.7 Å². The molecule has 32 heavy (non-hydrogen) atoms. The van der Waals surface area contributed by atoms with Crippen molar-refractivity contribution in [2.45, 2.75) is 25.7 Å². The fourth-order valence-electron chi connectivity index (χ4n) is 4.28. The molecule has 2 aromatic heterocycles.